The van der Waals surface area contributed by atoms with Gasteiger partial charge in [-0.05, 0) is 16.3 Å². The van der Waals surface area contributed by atoms with Crippen LogP contribution in [-0.4, -0.2) is 36.6 Å². The van der Waals surface area contributed by atoms with E-state index in [9.17, 15) is 4.79 Å². The van der Waals surface area contributed by atoms with Crippen LogP contribution in [0.3, 0.4) is 0 Å². The Balaban J connectivity index is 1.87. The van der Waals surface area contributed by atoms with E-state index in [1.54, 1.807) is 0 Å². The molecule has 1 fully saturated rings. The minimum absolute atomic E-state index is 0.0302. The first-order valence-corrected chi connectivity index (χ1v) is 6.84. The van der Waals surface area contributed by atoms with Crippen molar-refractivity contribution in [1.29, 1.82) is 0 Å². The highest BCUT2D eigenvalue weighted by Gasteiger charge is 2.25. The third-order valence-corrected chi connectivity index (χ3v) is 3.72. The Morgan fingerprint density at radius 1 is 1.20 bits per heavy atom. The smallest absolute Gasteiger partial charge is 0.248 e. The number of benzene rings is 2. The highest BCUT2D eigenvalue weighted by Crippen LogP contribution is 2.21. The Morgan fingerprint density at radius 2 is 2.00 bits per heavy atom. The molecule has 1 aliphatic rings. The van der Waals surface area contributed by atoms with Crippen molar-refractivity contribution in [3.63, 3.8) is 0 Å². The quantitative estimate of drug-likeness (QED) is 0.920. The van der Waals surface area contributed by atoms with Gasteiger partial charge in [-0.25, -0.2) is 0 Å². The second-order valence-corrected chi connectivity index (χ2v) is 5.08. The summed E-state index contributed by atoms with van der Waals surface area (Å²) in [4.78, 5) is 13.8. The van der Waals surface area contributed by atoms with Gasteiger partial charge in [-0.3, -0.25) is 4.79 Å². The van der Waals surface area contributed by atoms with Gasteiger partial charge in [0.1, 0.15) is 6.61 Å². The molecule has 1 amide bonds. The third kappa shape index (κ3) is 2.53. The van der Waals surface area contributed by atoms with Gasteiger partial charge in [0.2, 0.25) is 5.91 Å². The molecule has 0 saturated carbocycles. The second-order valence-electron chi connectivity index (χ2n) is 5.08. The van der Waals surface area contributed by atoms with Gasteiger partial charge in [0.05, 0.1) is 6.10 Å². The fourth-order valence-corrected chi connectivity index (χ4v) is 2.61. The van der Waals surface area contributed by atoms with E-state index in [1.165, 1.54) is 10.8 Å². The number of carbonyl (C=O) groups is 1. The Bertz CT molecular complexity index is 621. The number of carbonyl (C=O) groups excluding carboxylic acids is 1. The molecule has 0 bridgehead atoms. The van der Waals surface area contributed by atoms with Crippen molar-refractivity contribution in [2.24, 2.45) is 5.73 Å². The van der Waals surface area contributed by atoms with Gasteiger partial charge in [-0.15, -0.1) is 0 Å². The first kappa shape index (κ1) is 13.1. The van der Waals surface area contributed by atoms with Gasteiger partial charge in [0, 0.05) is 19.6 Å². The molecular formula is C16H18N2O2. The summed E-state index contributed by atoms with van der Waals surface area (Å²) < 4.78 is 5.38. The zero-order valence-corrected chi connectivity index (χ0v) is 11.3. The lowest BCUT2D eigenvalue weighted by Gasteiger charge is -2.32. The first-order chi connectivity index (χ1) is 9.78. The molecule has 3 rings (SSSR count). The molecule has 2 N–H and O–H groups in total. The van der Waals surface area contributed by atoms with E-state index < -0.39 is 0 Å². The number of nitrogens with zero attached hydrogens (tertiary/aromatic N) is 1. The van der Waals surface area contributed by atoms with Gasteiger partial charge in [-0.1, -0.05) is 42.5 Å². The summed E-state index contributed by atoms with van der Waals surface area (Å²) >= 11 is 0. The van der Waals surface area contributed by atoms with Crippen LogP contribution in [0.1, 0.15) is 5.56 Å². The summed E-state index contributed by atoms with van der Waals surface area (Å²) in [7, 11) is 0. The van der Waals surface area contributed by atoms with E-state index in [2.05, 4.69) is 24.3 Å². The maximum atomic E-state index is 12.0. The van der Waals surface area contributed by atoms with Crippen molar-refractivity contribution in [3.8, 4) is 0 Å². The van der Waals surface area contributed by atoms with Crippen molar-refractivity contribution >= 4 is 16.7 Å². The van der Waals surface area contributed by atoms with E-state index in [0.29, 0.717) is 19.6 Å². The molecule has 0 aliphatic carbocycles. The predicted octanol–water partition coefficient (Wildman–Crippen LogP) is 1.53. The number of amides is 1. The normalized spacial score (nSPS) is 19.6. The van der Waals surface area contributed by atoms with Crippen LogP contribution >= 0.6 is 0 Å². The van der Waals surface area contributed by atoms with Crippen LogP contribution < -0.4 is 5.73 Å². The van der Waals surface area contributed by atoms with Crippen LogP contribution in [0, 0.1) is 0 Å². The van der Waals surface area contributed by atoms with Crippen LogP contribution in [0.15, 0.2) is 42.5 Å². The standard InChI is InChI=1S/C16H18N2O2/c17-8-14-10-18(16(19)11-20-14)9-13-6-3-5-12-4-1-2-7-15(12)13/h1-7,14H,8-11,17H2. The number of morpholine rings is 1. The third-order valence-electron chi connectivity index (χ3n) is 3.72. The maximum Gasteiger partial charge on any atom is 0.248 e. The SMILES string of the molecule is NCC1CN(Cc2cccc3ccccc23)C(=O)CO1. The number of hydrogen-bond donors (Lipinski definition) is 1. The van der Waals surface area contributed by atoms with Crippen LogP contribution in [0.2, 0.25) is 0 Å². The Morgan fingerprint density at radius 3 is 2.85 bits per heavy atom. The van der Waals surface area contributed by atoms with E-state index in [-0.39, 0.29) is 18.6 Å². The molecule has 1 aliphatic heterocycles. The molecule has 0 aromatic heterocycles. The topological polar surface area (TPSA) is 55.6 Å². The number of nitrogens with two attached hydrogens (primary N) is 1. The average molecular weight is 270 g/mol. The molecule has 4 heteroatoms. The average Bonchev–Trinajstić information content (AvgIpc) is 2.50. The monoisotopic (exact) mass is 270 g/mol. The molecule has 1 atom stereocenters. The van der Waals surface area contributed by atoms with Crippen molar-refractivity contribution in [2.75, 3.05) is 19.7 Å². The van der Waals surface area contributed by atoms with Crippen molar-refractivity contribution in [3.05, 3.63) is 48.0 Å². The molecule has 0 radical (unpaired) electrons. The zero-order chi connectivity index (χ0) is 13.9. The molecule has 1 unspecified atom stereocenters. The van der Waals surface area contributed by atoms with Gasteiger partial charge in [0.25, 0.3) is 0 Å². The number of hydrogen-bond acceptors (Lipinski definition) is 3. The van der Waals surface area contributed by atoms with Crippen molar-refractivity contribution in [1.82, 2.24) is 4.90 Å². The predicted molar refractivity (Wildman–Crippen MR) is 78.2 cm³/mol. The molecule has 0 spiro atoms. The van der Waals surface area contributed by atoms with Crippen molar-refractivity contribution in [2.45, 2.75) is 12.6 Å². The number of ether oxygens (including phenoxy) is 1. The molecule has 2 aromatic carbocycles. The van der Waals surface area contributed by atoms with E-state index in [4.69, 9.17) is 10.5 Å². The van der Waals surface area contributed by atoms with Gasteiger partial charge >= 0.3 is 0 Å². The Kier molecular flexibility index (Phi) is 3.67. The van der Waals surface area contributed by atoms with Gasteiger partial charge in [-0.2, -0.15) is 0 Å². The lowest BCUT2D eigenvalue weighted by Crippen LogP contribution is -2.48. The summed E-state index contributed by atoms with van der Waals surface area (Å²) in [5, 5.41) is 2.39. The number of fused-ring (bicyclic) bond motifs is 1. The molecule has 1 heterocycles. The minimum Gasteiger partial charge on any atom is -0.365 e. The maximum absolute atomic E-state index is 12.0. The summed E-state index contributed by atoms with van der Waals surface area (Å²) in [6, 6.07) is 14.4. The summed E-state index contributed by atoms with van der Waals surface area (Å²) in [6.07, 6.45) is -0.0531. The van der Waals surface area contributed by atoms with E-state index >= 15 is 0 Å². The Labute approximate surface area is 118 Å². The second kappa shape index (κ2) is 5.61. The largest absolute Gasteiger partial charge is 0.365 e. The zero-order valence-electron chi connectivity index (χ0n) is 11.3. The van der Waals surface area contributed by atoms with Crippen LogP contribution in [0.25, 0.3) is 10.8 Å². The molecule has 1 saturated heterocycles. The van der Waals surface area contributed by atoms with Crippen LogP contribution in [0.5, 0.6) is 0 Å². The molecule has 104 valence electrons. The van der Waals surface area contributed by atoms with E-state index in [0.717, 1.165) is 5.56 Å². The molecular weight excluding hydrogens is 252 g/mol. The molecule has 20 heavy (non-hydrogen) atoms. The summed E-state index contributed by atoms with van der Waals surface area (Å²) in [5.41, 5.74) is 6.79. The fraction of sp³-hybridized carbons (Fsp3) is 0.312. The molecule has 4 nitrogen and oxygen atoms in total. The fourth-order valence-electron chi connectivity index (χ4n) is 2.61. The summed E-state index contributed by atoms with van der Waals surface area (Å²) in [6.45, 7) is 1.75. The lowest BCUT2D eigenvalue weighted by atomic mass is 10.0. The van der Waals surface area contributed by atoms with Crippen molar-refractivity contribution < 1.29 is 9.53 Å². The first-order valence-electron chi connectivity index (χ1n) is 6.84. The van der Waals surface area contributed by atoms with E-state index in [1.807, 2.05) is 23.1 Å². The lowest BCUT2D eigenvalue weighted by molar-refractivity contribution is -0.149. The summed E-state index contributed by atoms with van der Waals surface area (Å²) in [5.74, 6) is 0.0302. The molecule has 2 aromatic rings. The van der Waals surface area contributed by atoms with Crippen LogP contribution in [0.4, 0.5) is 0 Å². The highest BCUT2D eigenvalue weighted by molar-refractivity contribution is 5.86. The van der Waals surface area contributed by atoms with Gasteiger partial charge in [0.15, 0.2) is 0 Å². The number of rotatable bonds is 3. The van der Waals surface area contributed by atoms with Crippen LogP contribution in [-0.2, 0) is 16.1 Å². The highest BCUT2D eigenvalue weighted by atomic mass is 16.5. The van der Waals surface area contributed by atoms with Gasteiger partial charge < -0.3 is 15.4 Å². The Hall–Kier alpha value is -1.91. The minimum atomic E-state index is -0.0531.